The van der Waals surface area contributed by atoms with Crippen LogP contribution in [-0.2, 0) is 4.79 Å². The van der Waals surface area contributed by atoms with Crippen LogP contribution in [0.2, 0.25) is 0 Å². The fourth-order valence-corrected chi connectivity index (χ4v) is 1.91. The van der Waals surface area contributed by atoms with Crippen LogP contribution in [0.4, 0.5) is 0 Å². The number of ether oxygens (including phenoxy) is 2. The second-order valence-electron chi connectivity index (χ2n) is 4.81. The number of carbonyl (C=O) groups is 1. The molecule has 5 nitrogen and oxygen atoms in total. The highest BCUT2D eigenvalue weighted by Gasteiger charge is 2.29. The number of hydrogen-bond acceptors (Lipinski definition) is 4. The molecule has 0 saturated heterocycles. The van der Waals surface area contributed by atoms with Crippen LogP contribution < -0.4 is 14.9 Å². The second-order valence-corrected chi connectivity index (χ2v) is 4.81. The minimum Gasteiger partial charge on any atom is -0.486 e. The molecule has 1 heterocycles. The number of nitrogens with one attached hydrogen (secondary N) is 1. The largest absolute Gasteiger partial charge is 0.486 e. The van der Waals surface area contributed by atoms with Crippen molar-refractivity contribution in [1.29, 1.82) is 0 Å². The lowest BCUT2D eigenvalue weighted by atomic mass is 10.1. The standard InChI is InChI=1S/C14H16N2O3/c1-9(15-16-14(17)10-2-3-10)11-4-5-12-13(8-11)19-7-6-18-12/h4-5,8,10H,2-3,6-7H2,1H3,(H,16,17)/b15-9+. The van der Waals surface area contributed by atoms with Crippen LogP contribution in [0.25, 0.3) is 0 Å². The first-order chi connectivity index (χ1) is 9.24. The van der Waals surface area contributed by atoms with Gasteiger partial charge in [0.2, 0.25) is 5.91 Å². The summed E-state index contributed by atoms with van der Waals surface area (Å²) in [6, 6.07) is 5.66. The topological polar surface area (TPSA) is 59.9 Å². The smallest absolute Gasteiger partial charge is 0.243 e. The third-order valence-corrected chi connectivity index (χ3v) is 3.24. The molecule has 0 aromatic heterocycles. The molecule has 19 heavy (non-hydrogen) atoms. The van der Waals surface area contributed by atoms with E-state index in [-0.39, 0.29) is 11.8 Å². The fraction of sp³-hybridized carbons (Fsp3) is 0.429. The molecule has 1 aromatic carbocycles. The van der Waals surface area contributed by atoms with Gasteiger partial charge in [-0.2, -0.15) is 5.10 Å². The zero-order chi connectivity index (χ0) is 13.2. The van der Waals surface area contributed by atoms with E-state index < -0.39 is 0 Å². The van der Waals surface area contributed by atoms with Crippen LogP contribution >= 0.6 is 0 Å². The molecule has 100 valence electrons. The Balaban J connectivity index is 1.73. The summed E-state index contributed by atoms with van der Waals surface area (Å²) in [4.78, 5) is 11.5. The van der Waals surface area contributed by atoms with Crippen LogP contribution in [0.1, 0.15) is 25.3 Å². The van der Waals surface area contributed by atoms with E-state index in [4.69, 9.17) is 9.47 Å². The molecule has 0 bridgehead atoms. The van der Waals surface area contributed by atoms with Crippen molar-refractivity contribution < 1.29 is 14.3 Å². The van der Waals surface area contributed by atoms with Gasteiger partial charge in [-0.25, -0.2) is 5.43 Å². The molecule has 3 rings (SSSR count). The second kappa shape index (κ2) is 4.91. The first kappa shape index (κ1) is 12.0. The molecule has 1 aliphatic carbocycles. The summed E-state index contributed by atoms with van der Waals surface area (Å²) in [6.07, 6.45) is 1.95. The number of hydrogen-bond donors (Lipinski definition) is 1. The quantitative estimate of drug-likeness (QED) is 0.665. The Bertz CT molecular complexity index is 535. The van der Waals surface area contributed by atoms with E-state index >= 15 is 0 Å². The van der Waals surface area contributed by atoms with Crippen molar-refractivity contribution in [1.82, 2.24) is 5.43 Å². The molecule has 2 aliphatic rings. The van der Waals surface area contributed by atoms with E-state index in [0.29, 0.717) is 13.2 Å². The predicted octanol–water partition coefficient (Wildman–Crippen LogP) is 1.71. The maximum absolute atomic E-state index is 11.5. The molecule has 1 aliphatic heterocycles. The third kappa shape index (κ3) is 2.70. The van der Waals surface area contributed by atoms with Gasteiger partial charge in [-0.05, 0) is 38.0 Å². The van der Waals surface area contributed by atoms with Crippen molar-refractivity contribution in [3.63, 3.8) is 0 Å². The number of carbonyl (C=O) groups excluding carboxylic acids is 1. The Morgan fingerprint density at radius 3 is 2.74 bits per heavy atom. The number of fused-ring (bicyclic) bond motifs is 1. The van der Waals surface area contributed by atoms with Gasteiger partial charge in [-0.3, -0.25) is 4.79 Å². The fourth-order valence-electron chi connectivity index (χ4n) is 1.91. The molecular formula is C14H16N2O3. The van der Waals surface area contributed by atoms with Gasteiger partial charge < -0.3 is 9.47 Å². The third-order valence-electron chi connectivity index (χ3n) is 3.24. The van der Waals surface area contributed by atoms with E-state index in [1.807, 2.05) is 25.1 Å². The molecule has 1 N–H and O–H groups in total. The van der Waals surface area contributed by atoms with Gasteiger partial charge in [0.05, 0.1) is 5.71 Å². The molecule has 5 heteroatoms. The first-order valence-corrected chi connectivity index (χ1v) is 6.48. The van der Waals surface area contributed by atoms with Gasteiger partial charge in [-0.1, -0.05) is 0 Å². The molecule has 0 atom stereocenters. The van der Waals surface area contributed by atoms with E-state index in [9.17, 15) is 4.79 Å². The van der Waals surface area contributed by atoms with Gasteiger partial charge >= 0.3 is 0 Å². The molecule has 0 unspecified atom stereocenters. The highest BCUT2D eigenvalue weighted by atomic mass is 16.6. The van der Waals surface area contributed by atoms with Crippen molar-refractivity contribution in [2.45, 2.75) is 19.8 Å². The molecule has 1 aromatic rings. The SMILES string of the molecule is C/C(=N\NC(=O)C1CC1)c1ccc2c(c1)OCCO2. The summed E-state index contributed by atoms with van der Waals surface area (Å²) in [5, 5.41) is 4.13. The monoisotopic (exact) mass is 260 g/mol. The Hall–Kier alpha value is -2.04. The van der Waals surface area contributed by atoms with E-state index in [1.165, 1.54) is 0 Å². The highest BCUT2D eigenvalue weighted by Crippen LogP contribution is 2.31. The van der Waals surface area contributed by atoms with Crippen molar-refractivity contribution in [2.75, 3.05) is 13.2 Å². The Labute approximate surface area is 111 Å². The Morgan fingerprint density at radius 2 is 2.00 bits per heavy atom. The lowest BCUT2D eigenvalue weighted by Gasteiger charge is -2.18. The summed E-state index contributed by atoms with van der Waals surface area (Å²) in [5.74, 6) is 1.66. The van der Waals surface area contributed by atoms with Crippen molar-refractivity contribution in [3.8, 4) is 11.5 Å². The van der Waals surface area contributed by atoms with E-state index in [1.54, 1.807) is 0 Å². The Kier molecular flexibility index (Phi) is 3.11. The van der Waals surface area contributed by atoms with Crippen LogP contribution in [-0.4, -0.2) is 24.8 Å². The van der Waals surface area contributed by atoms with Gasteiger partial charge in [0.25, 0.3) is 0 Å². The van der Waals surface area contributed by atoms with Gasteiger partial charge in [0, 0.05) is 11.5 Å². The minimum atomic E-state index is 0.0110. The summed E-state index contributed by atoms with van der Waals surface area (Å²) < 4.78 is 11.0. The minimum absolute atomic E-state index is 0.0110. The predicted molar refractivity (Wildman–Crippen MR) is 70.5 cm³/mol. The maximum Gasteiger partial charge on any atom is 0.243 e. The molecule has 0 radical (unpaired) electrons. The van der Waals surface area contributed by atoms with Crippen LogP contribution in [0.15, 0.2) is 23.3 Å². The summed E-state index contributed by atoms with van der Waals surface area (Å²) in [7, 11) is 0. The van der Waals surface area contributed by atoms with Gasteiger partial charge in [0.15, 0.2) is 11.5 Å². The molecular weight excluding hydrogens is 244 g/mol. The lowest BCUT2D eigenvalue weighted by molar-refractivity contribution is -0.122. The van der Waals surface area contributed by atoms with Gasteiger partial charge in [0.1, 0.15) is 13.2 Å². The van der Waals surface area contributed by atoms with Gasteiger partial charge in [-0.15, -0.1) is 0 Å². The van der Waals surface area contributed by atoms with Crippen LogP contribution in [0.5, 0.6) is 11.5 Å². The average molecular weight is 260 g/mol. The summed E-state index contributed by atoms with van der Waals surface area (Å²) >= 11 is 0. The van der Waals surface area contributed by atoms with Crippen LogP contribution in [0.3, 0.4) is 0 Å². The number of amides is 1. The first-order valence-electron chi connectivity index (χ1n) is 6.48. The van der Waals surface area contributed by atoms with Crippen LogP contribution in [0, 0.1) is 5.92 Å². The molecule has 1 amide bonds. The zero-order valence-electron chi connectivity index (χ0n) is 10.8. The maximum atomic E-state index is 11.5. The highest BCUT2D eigenvalue weighted by molar-refractivity contribution is 6.00. The molecule has 0 spiro atoms. The van der Waals surface area contributed by atoms with E-state index in [2.05, 4.69) is 10.5 Å². The zero-order valence-corrected chi connectivity index (χ0v) is 10.8. The number of hydrazone groups is 1. The number of rotatable bonds is 3. The lowest BCUT2D eigenvalue weighted by Crippen LogP contribution is -2.21. The Morgan fingerprint density at radius 1 is 1.26 bits per heavy atom. The molecule has 1 saturated carbocycles. The van der Waals surface area contributed by atoms with E-state index in [0.717, 1.165) is 35.6 Å². The van der Waals surface area contributed by atoms with Crippen molar-refractivity contribution in [3.05, 3.63) is 23.8 Å². The average Bonchev–Trinajstić information content (AvgIpc) is 3.28. The summed E-state index contributed by atoms with van der Waals surface area (Å²) in [6.45, 7) is 3.00. The summed E-state index contributed by atoms with van der Waals surface area (Å²) in [5.41, 5.74) is 4.27. The normalized spacial score (nSPS) is 18.1. The van der Waals surface area contributed by atoms with Crippen molar-refractivity contribution >= 4 is 11.6 Å². The number of nitrogens with zero attached hydrogens (tertiary/aromatic N) is 1. The number of benzene rings is 1. The van der Waals surface area contributed by atoms with Crippen molar-refractivity contribution in [2.24, 2.45) is 11.0 Å². The molecule has 1 fully saturated rings.